The van der Waals surface area contributed by atoms with Crippen LogP contribution in [0.1, 0.15) is 0 Å². The number of hydrogen-bond acceptors (Lipinski definition) is 8. The fourth-order valence-electron chi connectivity index (χ4n) is 3.38. The SMILES string of the molecule is O=C(COc1ccc(O)cc1)N1CCN(c2ccc(S(=O)(=O)Nc3ccncn3)cc2)CC1. The number of carbonyl (C=O) groups excluding carboxylic acids is 1. The van der Waals surface area contributed by atoms with Crippen molar-refractivity contribution >= 4 is 27.4 Å². The number of carbonyl (C=O) groups is 1. The van der Waals surface area contributed by atoms with Crippen molar-refractivity contribution in [3.8, 4) is 11.5 Å². The maximum Gasteiger partial charge on any atom is 0.263 e. The van der Waals surface area contributed by atoms with Gasteiger partial charge in [-0.05, 0) is 54.6 Å². The van der Waals surface area contributed by atoms with Gasteiger partial charge < -0.3 is 19.6 Å². The summed E-state index contributed by atoms with van der Waals surface area (Å²) in [5.74, 6) is 0.741. The van der Waals surface area contributed by atoms with E-state index in [-0.39, 0.29) is 29.0 Å². The molecule has 172 valence electrons. The molecule has 0 saturated carbocycles. The smallest absolute Gasteiger partial charge is 0.263 e. The zero-order valence-corrected chi connectivity index (χ0v) is 18.5. The highest BCUT2D eigenvalue weighted by molar-refractivity contribution is 7.92. The summed E-state index contributed by atoms with van der Waals surface area (Å²) in [7, 11) is -3.75. The number of ether oxygens (including phenoxy) is 1. The van der Waals surface area contributed by atoms with Gasteiger partial charge in [0, 0.05) is 38.1 Å². The van der Waals surface area contributed by atoms with Crippen LogP contribution in [0.3, 0.4) is 0 Å². The van der Waals surface area contributed by atoms with Crippen LogP contribution < -0.4 is 14.4 Å². The number of anilines is 2. The van der Waals surface area contributed by atoms with Crippen molar-refractivity contribution in [3.05, 3.63) is 67.1 Å². The Morgan fingerprint density at radius 3 is 2.33 bits per heavy atom. The average Bonchev–Trinajstić information content (AvgIpc) is 2.84. The normalized spacial score (nSPS) is 14.1. The number of benzene rings is 2. The van der Waals surface area contributed by atoms with Crippen molar-refractivity contribution in [3.63, 3.8) is 0 Å². The quantitative estimate of drug-likeness (QED) is 0.536. The number of nitrogens with zero attached hydrogens (tertiary/aromatic N) is 4. The Labute approximate surface area is 191 Å². The molecule has 1 aromatic heterocycles. The number of sulfonamides is 1. The zero-order chi connectivity index (χ0) is 23.3. The van der Waals surface area contributed by atoms with Gasteiger partial charge in [0.05, 0.1) is 4.90 Å². The molecule has 1 aliphatic heterocycles. The van der Waals surface area contributed by atoms with Crippen LogP contribution in [0.2, 0.25) is 0 Å². The number of phenolic OH excluding ortho intramolecular Hbond substituents is 1. The molecule has 2 heterocycles. The number of phenols is 1. The summed E-state index contributed by atoms with van der Waals surface area (Å²) < 4.78 is 33.0. The number of hydrogen-bond donors (Lipinski definition) is 2. The lowest BCUT2D eigenvalue weighted by molar-refractivity contribution is -0.133. The minimum absolute atomic E-state index is 0.0728. The molecule has 0 radical (unpaired) electrons. The third-order valence-electron chi connectivity index (χ3n) is 5.16. The lowest BCUT2D eigenvalue weighted by atomic mass is 10.2. The number of aromatic hydroxyl groups is 1. The van der Waals surface area contributed by atoms with Gasteiger partial charge in [-0.3, -0.25) is 9.52 Å². The Balaban J connectivity index is 1.29. The Hall–Kier alpha value is -3.86. The van der Waals surface area contributed by atoms with Crippen molar-refractivity contribution in [2.24, 2.45) is 0 Å². The molecule has 2 aromatic carbocycles. The minimum Gasteiger partial charge on any atom is -0.508 e. The first-order valence-electron chi connectivity index (χ1n) is 10.2. The molecule has 10 nitrogen and oxygen atoms in total. The Morgan fingerprint density at radius 2 is 1.70 bits per heavy atom. The van der Waals surface area contributed by atoms with Crippen LogP contribution in [0.4, 0.5) is 11.5 Å². The Kier molecular flexibility index (Phi) is 6.59. The average molecular weight is 470 g/mol. The molecule has 1 saturated heterocycles. The summed E-state index contributed by atoms with van der Waals surface area (Å²) >= 11 is 0. The van der Waals surface area contributed by atoms with Crippen molar-refractivity contribution in [1.82, 2.24) is 14.9 Å². The van der Waals surface area contributed by atoms with Crippen LogP contribution in [0, 0.1) is 0 Å². The summed E-state index contributed by atoms with van der Waals surface area (Å²) in [6.45, 7) is 2.24. The molecule has 2 N–H and O–H groups in total. The zero-order valence-electron chi connectivity index (χ0n) is 17.7. The number of amides is 1. The topological polar surface area (TPSA) is 125 Å². The van der Waals surface area contributed by atoms with Gasteiger partial charge in [-0.15, -0.1) is 0 Å². The maximum absolute atomic E-state index is 12.5. The first kappa shape index (κ1) is 22.3. The van der Waals surface area contributed by atoms with Crippen LogP contribution in [0.5, 0.6) is 11.5 Å². The molecular formula is C22H23N5O5S. The van der Waals surface area contributed by atoms with E-state index in [4.69, 9.17) is 4.74 Å². The van der Waals surface area contributed by atoms with E-state index in [0.29, 0.717) is 31.9 Å². The number of piperazine rings is 1. The fourth-order valence-corrected chi connectivity index (χ4v) is 4.38. The van der Waals surface area contributed by atoms with E-state index in [9.17, 15) is 18.3 Å². The molecule has 1 amide bonds. The fraction of sp³-hybridized carbons (Fsp3) is 0.227. The van der Waals surface area contributed by atoms with Gasteiger partial charge in [-0.2, -0.15) is 0 Å². The molecule has 0 spiro atoms. The van der Waals surface area contributed by atoms with Gasteiger partial charge in [0.2, 0.25) is 0 Å². The summed E-state index contributed by atoms with van der Waals surface area (Å²) in [5, 5.41) is 9.30. The van der Waals surface area contributed by atoms with Crippen LogP contribution in [0.25, 0.3) is 0 Å². The summed E-state index contributed by atoms with van der Waals surface area (Å²) in [5.41, 5.74) is 0.878. The van der Waals surface area contributed by atoms with Crippen molar-refractivity contribution < 1.29 is 23.1 Å². The lowest BCUT2D eigenvalue weighted by Gasteiger charge is -2.36. The molecule has 0 unspecified atom stereocenters. The lowest BCUT2D eigenvalue weighted by Crippen LogP contribution is -2.50. The highest BCUT2D eigenvalue weighted by Crippen LogP contribution is 2.21. The molecule has 3 aromatic rings. The number of nitrogens with one attached hydrogen (secondary N) is 1. The maximum atomic E-state index is 12.5. The molecule has 1 aliphatic rings. The molecule has 4 rings (SSSR count). The van der Waals surface area contributed by atoms with Gasteiger partial charge in [-0.25, -0.2) is 18.4 Å². The highest BCUT2D eigenvalue weighted by atomic mass is 32.2. The number of aromatic nitrogens is 2. The van der Waals surface area contributed by atoms with E-state index >= 15 is 0 Å². The molecule has 33 heavy (non-hydrogen) atoms. The van der Waals surface area contributed by atoms with E-state index < -0.39 is 10.0 Å². The van der Waals surface area contributed by atoms with Gasteiger partial charge in [-0.1, -0.05) is 0 Å². The van der Waals surface area contributed by atoms with E-state index in [1.54, 1.807) is 41.3 Å². The second-order valence-electron chi connectivity index (χ2n) is 7.34. The standard InChI is InChI=1S/C22H23N5O5S/c28-18-3-5-19(6-4-18)32-15-22(29)27-13-11-26(12-14-27)17-1-7-20(8-2-17)33(30,31)25-21-9-10-23-16-24-21/h1-10,16,28H,11-15H2,(H,23,24,25). The third-order valence-corrected chi connectivity index (χ3v) is 6.54. The molecule has 0 atom stereocenters. The third kappa shape index (κ3) is 5.69. The second-order valence-corrected chi connectivity index (χ2v) is 9.03. The first-order chi connectivity index (χ1) is 15.9. The van der Waals surface area contributed by atoms with Crippen LogP contribution >= 0.6 is 0 Å². The molecule has 0 aliphatic carbocycles. The highest BCUT2D eigenvalue weighted by Gasteiger charge is 2.22. The molecule has 11 heteroatoms. The van der Waals surface area contributed by atoms with Gasteiger partial charge in [0.15, 0.2) is 6.61 Å². The van der Waals surface area contributed by atoms with Crippen LogP contribution in [0.15, 0.2) is 72.0 Å². The monoisotopic (exact) mass is 469 g/mol. The predicted molar refractivity (Wildman–Crippen MR) is 122 cm³/mol. The van der Waals surface area contributed by atoms with Crippen molar-refractivity contribution in [2.75, 3.05) is 42.4 Å². The molecule has 1 fully saturated rings. The van der Waals surface area contributed by atoms with Crippen LogP contribution in [-0.4, -0.2) is 67.1 Å². The van der Waals surface area contributed by atoms with Gasteiger partial charge >= 0.3 is 0 Å². The van der Waals surface area contributed by atoms with E-state index in [1.165, 1.54) is 30.7 Å². The van der Waals surface area contributed by atoms with E-state index in [1.807, 2.05) is 0 Å². The summed E-state index contributed by atoms with van der Waals surface area (Å²) in [4.78, 5) is 24.0. The summed E-state index contributed by atoms with van der Waals surface area (Å²) in [6, 6.07) is 14.3. The number of rotatable bonds is 7. The molecule has 0 bridgehead atoms. The van der Waals surface area contributed by atoms with Crippen molar-refractivity contribution in [1.29, 1.82) is 0 Å². The van der Waals surface area contributed by atoms with Crippen LogP contribution in [-0.2, 0) is 14.8 Å². The largest absolute Gasteiger partial charge is 0.508 e. The predicted octanol–water partition coefficient (Wildman–Crippen LogP) is 1.71. The first-order valence-corrected chi connectivity index (χ1v) is 11.7. The van der Waals surface area contributed by atoms with E-state index in [0.717, 1.165) is 5.69 Å². The second kappa shape index (κ2) is 9.74. The van der Waals surface area contributed by atoms with E-state index in [2.05, 4.69) is 19.6 Å². The minimum atomic E-state index is -3.75. The van der Waals surface area contributed by atoms with Gasteiger partial charge in [0.25, 0.3) is 15.9 Å². The van der Waals surface area contributed by atoms with Gasteiger partial charge in [0.1, 0.15) is 23.6 Å². The summed E-state index contributed by atoms with van der Waals surface area (Å²) in [6.07, 6.45) is 2.72. The Bertz CT molecular complexity index is 1180. The molecular weight excluding hydrogens is 446 g/mol. The van der Waals surface area contributed by atoms with Crippen molar-refractivity contribution in [2.45, 2.75) is 4.90 Å². The Morgan fingerprint density at radius 1 is 1.00 bits per heavy atom.